The molecule has 2 aromatic rings. The first-order chi connectivity index (χ1) is 9.22. The maximum atomic E-state index is 5.38. The van der Waals surface area contributed by atoms with Crippen LogP contribution in [0.5, 0.6) is 11.5 Å². The number of halogens is 1. The summed E-state index contributed by atoms with van der Waals surface area (Å²) in [4.78, 5) is 4.42. The largest absolute Gasteiger partial charge is 0.454 e. The minimum Gasteiger partial charge on any atom is -0.454 e. The highest BCUT2D eigenvalue weighted by Crippen LogP contribution is 2.36. The van der Waals surface area contributed by atoms with Crippen molar-refractivity contribution >= 4 is 27.3 Å². The molecule has 2 heterocycles. The molecule has 1 N–H and O–H groups in total. The van der Waals surface area contributed by atoms with E-state index in [-0.39, 0.29) is 0 Å². The third-order valence-corrected chi connectivity index (χ3v) is 4.39. The van der Waals surface area contributed by atoms with Gasteiger partial charge in [-0.1, -0.05) is 15.9 Å². The number of hydrogen-bond donors (Lipinski definition) is 1. The second-order valence-electron chi connectivity index (χ2n) is 4.26. The number of aromatic nitrogens is 1. The maximum Gasteiger partial charge on any atom is 0.231 e. The van der Waals surface area contributed by atoms with Gasteiger partial charge >= 0.3 is 0 Å². The molecule has 0 saturated carbocycles. The Morgan fingerprint density at radius 1 is 1.32 bits per heavy atom. The van der Waals surface area contributed by atoms with Crippen molar-refractivity contribution in [2.75, 3.05) is 6.79 Å². The van der Waals surface area contributed by atoms with Crippen LogP contribution in [0.15, 0.2) is 22.0 Å². The van der Waals surface area contributed by atoms with E-state index in [0.717, 1.165) is 45.3 Å². The summed E-state index contributed by atoms with van der Waals surface area (Å²) in [6.07, 6.45) is 0. The van der Waals surface area contributed by atoms with Gasteiger partial charge in [0.2, 0.25) is 6.79 Å². The van der Waals surface area contributed by atoms with Crippen LogP contribution in [0.25, 0.3) is 0 Å². The number of hydrogen-bond acceptors (Lipinski definition) is 5. The van der Waals surface area contributed by atoms with Crippen molar-refractivity contribution in [3.63, 3.8) is 0 Å². The number of nitrogens with zero attached hydrogens (tertiary/aromatic N) is 1. The third-order valence-electron chi connectivity index (χ3n) is 2.83. The van der Waals surface area contributed by atoms with Crippen LogP contribution in [0.2, 0.25) is 0 Å². The predicted octanol–water partition coefficient (Wildman–Crippen LogP) is 3.23. The molecular formula is C13H13BrN2O2S. The monoisotopic (exact) mass is 340 g/mol. The molecule has 1 aliphatic rings. The summed E-state index contributed by atoms with van der Waals surface area (Å²) in [6, 6.07) is 3.96. The normalized spacial score (nSPS) is 12.9. The molecule has 0 amide bonds. The van der Waals surface area contributed by atoms with E-state index >= 15 is 0 Å². The summed E-state index contributed by atoms with van der Waals surface area (Å²) in [5.41, 5.74) is 2.23. The second kappa shape index (κ2) is 5.48. The summed E-state index contributed by atoms with van der Waals surface area (Å²) in [5.74, 6) is 1.61. The third kappa shape index (κ3) is 2.91. The highest BCUT2D eigenvalue weighted by atomic mass is 79.9. The van der Waals surface area contributed by atoms with Gasteiger partial charge in [0.05, 0.1) is 10.7 Å². The van der Waals surface area contributed by atoms with Crippen LogP contribution >= 0.6 is 27.3 Å². The summed E-state index contributed by atoms with van der Waals surface area (Å²) in [7, 11) is 0. The first-order valence-corrected chi connectivity index (χ1v) is 7.59. The van der Waals surface area contributed by atoms with E-state index in [0.29, 0.717) is 6.79 Å². The van der Waals surface area contributed by atoms with E-state index in [4.69, 9.17) is 9.47 Å². The number of rotatable bonds is 4. The van der Waals surface area contributed by atoms with Crippen molar-refractivity contribution in [1.29, 1.82) is 0 Å². The lowest BCUT2D eigenvalue weighted by molar-refractivity contribution is 0.174. The summed E-state index contributed by atoms with van der Waals surface area (Å²) in [6.45, 7) is 3.85. The van der Waals surface area contributed by atoms with Crippen LogP contribution in [0.4, 0.5) is 0 Å². The minimum atomic E-state index is 0.302. The Morgan fingerprint density at radius 3 is 2.84 bits per heavy atom. The molecule has 100 valence electrons. The fraction of sp³-hybridized carbons (Fsp3) is 0.308. The van der Waals surface area contributed by atoms with Crippen LogP contribution in [0, 0.1) is 6.92 Å². The van der Waals surface area contributed by atoms with Crippen LogP contribution in [0.3, 0.4) is 0 Å². The van der Waals surface area contributed by atoms with E-state index in [1.54, 1.807) is 11.3 Å². The molecule has 0 aliphatic carbocycles. The van der Waals surface area contributed by atoms with Gasteiger partial charge in [0, 0.05) is 22.9 Å². The smallest absolute Gasteiger partial charge is 0.231 e. The molecule has 0 atom stereocenters. The number of fused-ring (bicyclic) bond motifs is 1. The van der Waals surface area contributed by atoms with Gasteiger partial charge in [-0.25, -0.2) is 4.98 Å². The van der Waals surface area contributed by atoms with Crippen LogP contribution in [-0.2, 0) is 13.1 Å². The molecule has 6 heteroatoms. The zero-order valence-corrected chi connectivity index (χ0v) is 12.8. The lowest BCUT2D eigenvalue weighted by Crippen LogP contribution is -2.13. The molecule has 0 unspecified atom stereocenters. The summed E-state index contributed by atoms with van der Waals surface area (Å²) >= 11 is 5.22. The molecule has 0 radical (unpaired) electrons. The Balaban J connectivity index is 1.64. The second-order valence-corrected chi connectivity index (χ2v) is 6.17. The molecule has 1 aromatic heterocycles. The number of nitrogens with one attached hydrogen (secondary N) is 1. The SMILES string of the molecule is Cc1nc(CNCc2cc3c(cc2Br)OCO3)cs1. The average Bonchev–Trinajstić information content (AvgIpc) is 2.98. The molecule has 4 nitrogen and oxygen atoms in total. The molecule has 0 fully saturated rings. The van der Waals surface area contributed by atoms with Crippen molar-refractivity contribution in [3.05, 3.63) is 38.3 Å². The van der Waals surface area contributed by atoms with Gasteiger partial charge in [-0.2, -0.15) is 0 Å². The van der Waals surface area contributed by atoms with Crippen LogP contribution in [0.1, 0.15) is 16.3 Å². The Kier molecular flexibility index (Phi) is 3.72. The molecule has 0 saturated heterocycles. The quantitative estimate of drug-likeness (QED) is 0.927. The first kappa shape index (κ1) is 12.9. The van der Waals surface area contributed by atoms with Crippen molar-refractivity contribution in [1.82, 2.24) is 10.3 Å². The Bertz CT molecular complexity index is 600. The van der Waals surface area contributed by atoms with Crippen molar-refractivity contribution in [2.45, 2.75) is 20.0 Å². The lowest BCUT2D eigenvalue weighted by Gasteiger charge is -2.07. The fourth-order valence-corrected chi connectivity index (χ4v) is 2.98. The topological polar surface area (TPSA) is 43.4 Å². The molecule has 19 heavy (non-hydrogen) atoms. The van der Waals surface area contributed by atoms with Crippen molar-refractivity contribution in [3.8, 4) is 11.5 Å². The van der Waals surface area contributed by atoms with E-state index < -0.39 is 0 Å². The fourth-order valence-electron chi connectivity index (χ4n) is 1.91. The van der Waals surface area contributed by atoms with Crippen molar-refractivity contribution < 1.29 is 9.47 Å². The van der Waals surface area contributed by atoms with Gasteiger partial charge in [-0.3, -0.25) is 0 Å². The molecule has 1 aromatic carbocycles. The highest BCUT2D eigenvalue weighted by molar-refractivity contribution is 9.10. The van der Waals surface area contributed by atoms with E-state index in [9.17, 15) is 0 Å². The van der Waals surface area contributed by atoms with Crippen LogP contribution < -0.4 is 14.8 Å². The van der Waals surface area contributed by atoms with Gasteiger partial charge in [0.15, 0.2) is 11.5 Å². The van der Waals surface area contributed by atoms with Gasteiger partial charge < -0.3 is 14.8 Å². The summed E-state index contributed by atoms with van der Waals surface area (Å²) < 4.78 is 11.7. The standard InChI is InChI=1S/C13H13BrN2O2S/c1-8-16-10(6-19-8)5-15-4-9-2-12-13(3-11(9)14)18-7-17-12/h2-3,6,15H,4-5,7H2,1H3. The zero-order valence-electron chi connectivity index (χ0n) is 10.4. The van der Waals surface area contributed by atoms with E-state index in [1.807, 2.05) is 19.1 Å². The van der Waals surface area contributed by atoms with E-state index in [1.165, 1.54) is 0 Å². The minimum absolute atomic E-state index is 0.302. The van der Waals surface area contributed by atoms with Crippen LogP contribution in [-0.4, -0.2) is 11.8 Å². The number of ether oxygens (including phenoxy) is 2. The molecular weight excluding hydrogens is 328 g/mol. The lowest BCUT2D eigenvalue weighted by atomic mass is 10.2. The molecule has 0 spiro atoms. The van der Waals surface area contributed by atoms with E-state index in [2.05, 4.69) is 31.6 Å². The van der Waals surface area contributed by atoms with Gasteiger partial charge in [0.1, 0.15) is 0 Å². The number of benzene rings is 1. The summed E-state index contributed by atoms with van der Waals surface area (Å²) in [5, 5.41) is 6.56. The molecule has 1 aliphatic heterocycles. The molecule has 3 rings (SSSR count). The van der Waals surface area contributed by atoms with Gasteiger partial charge in [-0.05, 0) is 24.6 Å². The Labute approximate surface area is 123 Å². The number of thiazole rings is 1. The number of aryl methyl sites for hydroxylation is 1. The highest BCUT2D eigenvalue weighted by Gasteiger charge is 2.16. The predicted molar refractivity (Wildman–Crippen MR) is 77.7 cm³/mol. The Hall–Kier alpha value is -1.11. The van der Waals surface area contributed by atoms with Gasteiger partial charge in [0.25, 0.3) is 0 Å². The zero-order chi connectivity index (χ0) is 13.2. The first-order valence-electron chi connectivity index (χ1n) is 5.92. The average molecular weight is 341 g/mol. The van der Waals surface area contributed by atoms with Crippen molar-refractivity contribution in [2.24, 2.45) is 0 Å². The Morgan fingerprint density at radius 2 is 2.11 bits per heavy atom. The molecule has 0 bridgehead atoms. The maximum absolute atomic E-state index is 5.38. The van der Waals surface area contributed by atoms with Gasteiger partial charge in [-0.15, -0.1) is 11.3 Å².